The SMILES string of the molecule is CC(=O)c1ccc(N2CCN(C(=O)CSc3nc4ccccc4c4nc(C)nn34)CC2)c(F)c1. The monoisotopic (exact) mass is 478 g/mol. The molecule has 10 heteroatoms. The van der Waals surface area contributed by atoms with Gasteiger partial charge in [0.15, 0.2) is 16.6 Å². The summed E-state index contributed by atoms with van der Waals surface area (Å²) in [6.07, 6.45) is 0. The molecule has 2 aromatic heterocycles. The van der Waals surface area contributed by atoms with Crippen molar-refractivity contribution in [3.05, 3.63) is 59.7 Å². The molecule has 1 aliphatic rings. The molecule has 0 aliphatic carbocycles. The first kappa shape index (κ1) is 22.3. The zero-order chi connectivity index (χ0) is 23.8. The second-order valence-electron chi connectivity index (χ2n) is 8.18. The Labute approximate surface area is 199 Å². The van der Waals surface area contributed by atoms with Gasteiger partial charge in [0.1, 0.15) is 11.6 Å². The lowest BCUT2D eigenvalue weighted by Crippen LogP contribution is -2.49. The van der Waals surface area contributed by atoms with E-state index in [4.69, 9.17) is 4.98 Å². The Morgan fingerprint density at radius 3 is 2.56 bits per heavy atom. The van der Waals surface area contributed by atoms with Crippen molar-refractivity contribution in [2.24, 2.45) is 0 Å². The molecule has 0 bridgehead atoms. The maximum atomic E-state index is 14.5. The van der Waals surface area contributed by atoms with Crippen LogP contribution in [0.1, 0.15) is 23.1 Å². The van der Waals surface area contributed by atoms with E-state index in [-0.39, 0.29) is 17.4 Å². The molecular weight excluding hydrogens is 455 g/mol. The van der Waals surface area contributed by atoms with Crippen LogP contribution < -0.4 is 4.90 Å². The molecule has 3 heterocycles. The Morgan fingerprint density at radius 2 is 1.82 bits per heavy atom. The van der Waals surface area contributed by atoms with Gasteiger partial charge in [-0.2, -0.15) is 4.52 Å². The van der Waals surface area contributed by atoms with Crippen LogP contribution in [0.4, 0.5) is 10.1 Å². The van der Waals surface area contributed by atoms with Gasteiger partial charge in [0.2, 0.25) is 5.91 Å². The van der Waals surface area contributed by atoms with Gasteiger partial charge >= 0.3 is 0 Å². The number of amides is 1. The molecule has 34 heavy (non-hydrogen) atoms. The minimum atomic E-state index is -0.419. The second-order valence-corrected chi connectivity index (χ2v) is 9.13. The third kappa shape index (κ3) is 4.21. The minimum Gasteiger partial charge on any atom is -0.366 e. The van der Waals surface area contributed by atoms with E-state index in [0.29, 0.717) is 48.4 Å². The molecule has 1 aliphatic heterocycles. The average molecular weight is 479 g/mol. The number of ketones is 1. The molecule has 2 aromatic carbocycles. The molecule has 0 N–H and O–H groups in total. The molecular formula is C24H23FN6O2S. The number of rotatable bonds is 5. The van der Waals surface area contributed by atoms with Gasteiger partial charge in [-0.1, -0.05) is 23.9 Å². The number of Topliss-reactive ketones (excluding diaryl/α,β-unsaturated/α-hetero) is 1. The normalized spacial score (nSPS) is 14.2. The van der Waals surface area contributed by atoms with Crippen LogP contribution in [0.25, 0.3) is 16.6 Å². The highest BCUT2D eigenvalue weighted by atomic mass is 32.2. The number of hydrogen-bond acceptors (Lipinski definition) is 7. The Bertz CT molecular complexity index is 1410. The van der Waals surface area contributed by atoms with E-state index >= 15 is 0 Å². The lowest BCUT2D eigenvalue weighted by molar-refractivity contribution is -0.128. The molecule has 0 spiro atoms. The third-order valence-corrected chi connectivity index (χ3v) is 6.82. The lowest BCUT2D eigenvalue weighted by Gasteiger charge is -2.36. The average Bonchev–Trinajstić information content (AvgIpc) is 3.24. The van der Waals surface area contributed by atoms with Crippen molar-refractivity contribution in [3.63, 3.8) is 0 Å². The predicted molar refractivity (Wildman–Crippen MR) is 129 cm³/mol. The number of fused-ring (bicyclic) bond motifs is 3. The Hall–Kier alpha value is -3.53. The molecule has 4 aromatic rings. The van der Waals surface area contributed by atoms with E-state index in [1.165, 1.54) is 24.8 Å². The Balaban J connectivity index is 1.25. The minimum absolute atomic E-state index is 0.00278. The number of carbonyl (C=O) groups is 2. The number of hydrogen-bond donors (Lipinski definition) is 0. The van der Waals surface area contributed by atoms with Crippen LogP contribution in [-0.4, -0.2) is 68.1 Å². The summed E-state index contributed by atoms with van der Waals surface area (Å²) in [7, 11) is 0. The maximum absolute atomic E-state index is 14.5. The molecule has 0 radical (unpaired) electrons. The van der Waals surface area contributed by atoms with Crippen LogP contribution in [0.2, 0.25) is 0 Å². The van der Waals surface area contributed by atoms with Gasteiger partial charge in [-0.05, 0) is 44.2 Å². The van der Waals surface area contributed by atoms with Gasteiger partial charge < -0.3 is 9.80 Å². The van der Waals surface area contributed by atoms with E-state index in [0.717, 1.165) is 16.6 Å². The first-order valence-corrected chi connectivity index (χ1v) is 12.0. The number of halogens is 1. The van der Waals surface area contributed by atoms with Crippen molar-refractivity contribution in [2.45, 2.75) is 19.0 Å². The fourth-order valence-corrected chi connectivity index (χ4v) is 4.97. The van der Waals surface area contributed by atoms with Crippen molar-refractivity contribution >= 4 is 45.7 Å². The highest BCUT2D eigenvalue weighted by Gasteiger charge is 2.24. The smallest absolute Gasteiger partial charge is 0.233 e. The summed E-state index contributed by atoms with van der Waals surface area (Å²) >= 11 is 1.34. The van der Waals surface area contributed by atoms with Crippen LogP contribution in [0.5, 0.6) is 0 Å². The Kier molecular flexibility index (Phi) is 5.91. The van der Waals surface area contributed by atoms with Crippen molar-refractivity contribution in [2.75, 3.05) is 36.8 Å². The fraction of sp³-hybridized carbons (Fsp3) is 0.292. The molecule has 1 saturated heterocycles. The van der Waals surface area contributed by atoms with E-state index in [1.807, 2.05) is 36.1 Å². The van der Waals surface area contributed by atoms with E-state index in [1.54, 1.807) is 21.5 Å². The molecule has 0 atom stereocenters. The zero-order valence-corrected chi connectivity index (χ0v) is 19.7. The summed E-state index contributed by atoms with van der Waals surface area (Å²) in [6, 6.07) is 12.3. The summed E-state index contributed by atoms with van der Waals surface area (Å²) in [5, 5.41) is 5.99. The molecule has 5 rings (SSSR count). The summed E-state index contributed by atoms with van der Waals surface area (Å²) in [5.74, 6) is 0.277. The lowest BCUT2D eigenvalue weighted by atomic mass is 10.1. The highest BCUT2D eigenvalue weighted by molar-refractivity contribution is 7.99. The molecule has 1 amide bonds. The largest absolute Gasteiger partial charge is 0.366 e. The molecule has 8 nitrogen and oxygen atoms in total. The van der Waals surface area contributed by atoms with Crippen LogP contribution in [0.3, 0.4) is 0 Å². The third-order valence-electron chi connectivity index (χ3n) is 5.91. The molecule has 0 unspecified atom stereocenters. The van der Waals surface area contributed by atoms with Crippen LogP contribution in [-0.2, 0) is 4.79 Å². The van der Waals surface area contributed by atoms with Crippen molar-refractivity contribution in [3.8, 4) is 0 Å². The molecule has 0 saturated carbocycles. The second kappa shape index (κ2) is 9.02. The predicted octanol–water partition coefficient (Wildman–Crippen LogP) is 3.37. The number of thioether (sulfide) groups is 1. The summed E-state index contributed by atoms with van der Waals surface area (Å²) in [6.45, 7) is 5.28. The number of para-hydroxylation sites is 1. The van der Waals surface area contributed by atoms with Crippen molar-refractivity contribution in [1.82, 2.24) is 24.5 Å². The number of aryl methyl sites for hydroxylation is 1. The Morgan fingerprint density at radius 1 is 1.06 bits per heavy atom. The first-order valence-electron chi connectivity index (χ1n) is 11.0. The van der Waals surface area contributed by atoms with E-state index in [9.17, 15) is 14.0 Å². The van der Waals surface area contributed by atoms with E-state index < -0.39 is 5.82 Å². The number of benzene rings is 2. The van der Waals surface area contributed by atoms with Crippen LogP contribution >= 0.6 is 11.8 Å². The number of piperazine rings is 1. The number of anilines is 1. The maximum Gasteiger partial charge on any atom is 0.233 e. The van der Waals surface area contributed by atoms with Gasteiger partial charge in [0, 0.05) is 37.1 Å². The van der Waals surface area contributed by atoms with Crippen molar-refractivity contribution < 1.29 is 14.0 Å². The van der Waals surface area contributed by atoms with Gasteiger partial charge in [0.05, 0.1) is 17.0 Å². The fourth-order valence-electron chi connectivity index (χ4n) is 4.12. The number of carbonyl (C=O) groups excluding carboxylic acids is 2. The summed E-state index contributed by atoms with van der Waals surface area (Å²) < 4.78 is 16.2. The van der Waals surface area contributed by atoms with Gasteiger partial charge in [0.25, 0.3) is 0 Å². The molecule has 1 fully saturated rings. The first-order chi connectivity index (χ1) is 16.4. The topological polar surface area (TPSA) is 83.7 Å². The summed E-state index contributed by atoms with van der Waals surface area (Å²) in [5.41, 5.74) is 2.34. The van der Waals surface area contributed by atoms with Gasteiger partial charge in [-0.15, -0.1) is 5.10 Å². The van der Waals surface area contributed by atoms with Crippen LogP contribution in [0, 0.1) is 12.7 Å². The number of aromatic nitrogens is 4. The van der Waals surface area contributed by atoms with E-state index in [2.05, 4.69) is 10.1 Å². The van der Waals surface area contributed by atoms with Crippen LogP contribution in [0.15, 0.2) is 47.6 Å². The number of nitrogens with zero attached hydrogens (tertiary/aromatic N) is 6. The van der Waals surface area contributed by atoms with Gasteiger partial charge in [-0.25, -0.2) is 14.4 Å². The highest BCUT2D eigenvalue weighted by Crippen LogP contribution is 2.25. The molecule has 174 valence electrons. The van der Waals surface area contributed by atoms with Gasteiger partial charge in [-0.3, -0.25) is 9.59 Å². The standard InChI is InChI=1S/C24H23FN6O2S/c1-15(32)17-7-8-21(19(25)13-17)29-9-11-30(12-10-29)22(33)14-34-24-27-20-6-4-3-5-18(20)23-26-16(2)28-31(23)24/h3-8,13H,9-12,14H2,1-2H3. The summed E-state index contributed by atoms with van der Waals surface area (Å²) in [4.78, 5) is 37.3. The quantitative estimate of drug-likeness (QED) is 0.247. The zero-order valence-electron chi connectivity index (χ0n) is 18.9. The van der Waals surface area contributed by atoms with Crippen molar-refractivity contribution in [1.29, 1.82) is 0 Å².